The lowest BCUT2D eigenvalue weighted by Gasteiger charge is -2.06. The van der Waals surface area contributed by atoms with E-state index in [2.05, 4.69) is 25.4 Å². The average Bonchev–Trinajstić information content (AvgIpc) is 2.79. The van der Waals surface area contributed by atoms with Gasteiger partial charge >= 0.3 is 5.97 Å². The van der Waals surface area contributed by atoms with E-state index in [1.165, 1.54) is 37.4 Å². The van der Waals surface area contributed by atoms with Crippen molar-refractivity contribution in [2.45, 2.75) is 4.21 Å². The summed E-state index contributed by atoms with van der Waals surface area (Å²) >= 11 is 10.0. The van der Waals surface area contributed by atoms with E-state index in [1.54, 1.807) is 0 Å². The van der Waals surface area contributed by atoms with E-state index in [0.717, 1.165) is 11.3 Å². The molecule has 0 atom stereocenters. The van der Waals surface area contributed by atoms with Gasteiger partial charge in [0.1, 0.15) is 4.21 Å². The van der Waals surface area contributed by atoms with Crippen molar-refractivity contribution in [2.75, 3.05) is 11.8 Å². The van der Waals surface area contributed by atoms with Gasteiger partial charge in [-0.1, -0.05) is 11.6 Å². The Kier molecular flexibility index (Phi) is 4.92. The number of methoxy groups -OCH3 is 1. The molecule has 2 rings (SSSR count). The molecule has 0 aliphatic heterocycles. The lowest BCUT2D eigenvalue weighted by atomic mass is 10.2. The second kappa shape index (κ2) is 6.35. The largest absolute Gasteiger partial charge is 0.465 e. The Hall–Kier alpha value is -1.09. The average molecular weight is 411 g/mol. The third-order valence-electron chi connectivity index (χ3n) is 2.45. The number of anilines is 1. The van der Waals surface area contributed by atoms with Crippen molar-refractivity contribution < 1.29 is 17.9 Å². The van der Waals surface area contributed by atoms with Crippen LogP contribution in [0.25, 0.3) is 0 Å². The minimum absolute atomic E-state index is 0.0939. The zero-order valence-corrected chi connectivity index (χ0v) is 14.6. The van der Waals surface area contributed by atoms with Gasteiger partial charge in [0.25, 0.3) is 10.0 Å². The molecule has 2 aromatic rings. The number of esters is 1. The molecule has 1 heterocycles. The Balaban J connectivity index is 2.22. The van der Waals surface area contributed by atoms with Crippen molar-refractivity contribution in [2.24, 2.45) is 0 Å². The maximum atomic E-state index is 12.2. The lowest BCUT2D eigenvalue weighted by Crippen LogP contribution is -2.11. The molecule has 0 saturated heterocycles. The Morgan fingerprint density at radius 2 is 1.95 bits per heavy atom. The number of carbonyl (C=O) groups is 1. The molecule has 0 saturated carbocycles. The normalized spacial score (nSPS) is 11.2. The van der Waals surface area contributed by atoms with Crippen molar-refractivity contribution >= 4 is 60.5 Å². The molecule has 0 fully saturated rings. The van der Waals surface area contributed by atoms with E-state index >= 15 is 0 Å². The Morgan fingerprint density at radius 1 is 1.33 bits per heavy atom. The SMILES string of the molecule is COC(=O)c1ccc(NS(=O)(=O)c2cc(Cl)c(Br)s2)cc1. The van der Waals surface area contributed by atoms with E-state index in [4.69, 9.17) is 11.6 Å². The number of hydrogen-bond donors (Lipinski definition) is 1. The minimum atomic E-state index is -3.72. The summed E-state index contributed by atoms with van der Waals surface area (Å²) in [6.45, 7) is 0. The molecule has 0 aliphatic rings. The molecule has 0 aliphatic carbocycles. The number of ether oxygens (including phenoxy) is 1. The van der Waals surface area contributed by atoms with Crippen LogP contribution in [0.2, 0.25) is 5.02 Å². The van der Waals surface area contributed by atoms with Crippen LogP contribution < -0.4 is 4.72 Å². The summed E-state index contributed by atoms with van der Waals surface area (Å²) in [5, 5.41) is 0.335. The quantitative estimate of drug-likeness (QED) is 0.779. The van der Waals surface area contributed by atoms with Gasteiger partial charge in [-0.2, -0.15) is 0 Å². The number of hydrogen-bond acceptors (Lipinski definition) is 5. The van der Waals surface area contributed by atoms with Gasteiger partial charge in [0.05, 0.1) is 21.5 Å². The number of nitrogens with one attached hydrogen (secondary N) is 1. The van der Waals surface area contributed by atoms with Crippen LogP contribution in [0, 0.1) is 0 Å². The summed E-state index contributed by atoms with van der Waals surface area (Å²) in [5.74, 6) is -0.488. The van der Waals surface area contributed by atoms with Crippen molar-refractivity contribution in [1.82, 2.24) is 0 Å². The smallest absolute Gasteiger partial charge is 0.337 e. The first-order chi connectivity index (χ1) is 9.83. The number of carbonyl (C=O) groups excluding carboxylic acids is 1. The van der Waals surface area contributed by atoms with Gasteiger partial charge in [-0.25, -0.2) is 13.2 Å². The van der Waals surface area contributed by atoms with Crippen LogP contribution in [-0.2, 0) is 14.8 Å². The fraction of sp³-hybridized carbons (Fsp3) is 0.0833. The first-order valence-electron chi connectivity index (χ1n) is 5.49. The fourth-order valence-corrected chi connectivity index (χ4v) is 4.91. The van der Waals surface area contributed by atoms with Gasteiger partial charge in [0.15, 0.2) is 0 Å². The number of halogens is 2. The van der Waals surface area contributed by atoms with E-state index in [1.807, 2.05) is 0 Å². The molecular weight excluding hydrogens is 402 g/mol. The molecule has 0 amide bonds. The highest BCUT2D eigenvalue weighted by molar-refractivity contribution is 9.11. The summed E-state index contributed by atoms with van der Waals surface area (Å²) in [6, 6.07) is 7.27. The van der Waals surface area contributed by atoms with Crippen molar-refractivity contribution in [1.29, 1.82) is 0 Å². The molecule has 0 bridgehead atoms. The second-order valence-electron chi connectivity index (χ2n) is 3.86. The summed E-state index contributed by atoms with van der Waals surface area (Å²) in [4.78, 5) is 11.3. The van der Waals surface area contributed by atoms with Gasteiger partial charge in [-0.3, -0.25) is 4.72 Å². The third kappa shape index (κ3) is 3.76. The summed E-state index contributed by atoms with van der Waals surface area (Å²) in [7, 11) is -2.44. The number of sulfonamides is 1. The highest BCUT2D eigenvalue weighted by atomic mass is 79.9. The molecule has 112 valence electrons. The molecule has 9 heteroatoms. The van der Waals surface area contributed by atoms with Crippen LogP contribution in [0.1, 0.15) is 10.4 Å². The zero-order valence-electron chi connectivity index (χ0n) is 10.6. The number of thiophene rings is 1. The lowest BCUT2D eigenvalue weighted by molar-refractivity contribution is 0.0601. The van der Waals surface area contributed by atoms with E-state index < -0.39 is 16.0 Å². The topological polar surface area (TPSA) is 72.5 Å². The molecule has 5 nitrogen and oxygen atoms in total. The van der Waals surface area contributed by atoms with Crippen molar-refractivity contribution in [3.05, 3.63) is 44.7 Å². The van der Waals surface area contributed by atoms with Crippen molar-refractivity contribution in [3.8, 4) is 0 Å². The predicted molar refractivity (Wildman–Crippen MR) is 85.6 cm³/mol. The van der Waals surface area contributed by atoms with Crippen LogP contribution in [0.3, 0.4) is 0 Å². The Bertz CT molecular complexity index is 752. The maximum absolute atomic E-state index is 12.2. The highest BCUT2D eigenvalue weighted by Gasteiger charge is 2.19. The zero-order chi connectivity index (χ0) is 15.6. The molecule has 1 aromatic heterocycles. The minimum Gasteiger partial charge on any atom is -0.465 e. The van der Waals surface area contributed by atoms with E-state index in [9.17, 15) is 13.2 Å². The Morgan fingerprint density at radius 3 is 2.43 bits per heavy atom. The molecule has 0 spiro atoms. The number of rotatable bonds is 4. The predicted octanol–water partition coefficient (Wildman–Crippen LogP) is 3.75. The second-order valence-corrected chi connectivity index (χ2v) is 8.55. The van der Waals surface area contributed by atoms with Gasteiger partial charge in [-0.05, 0) is 46.3 Å². The van der Waals surface area contributed by atoms with Crippen molar-refractivity contribution in [3.63, 3.8) is 0 Å². The molecule has 1 N–H and O–H groups in total. The Labute approximate surface area is 139 Å². The van der Waals surface area contributed by atoms with E-state index in [0.29, 0.717) is 20.1 Å². The highest BCUT2D eigenvalue weighted by Crippen LogP contribution is 2.35. The van der Waals surface area contributed by atoms with E-state index in [-0.39, 0.29) is 4.21 Å². The third-order valence-corrected chi connectivity index (χ3v) is 6.78. The van der Waals surface area contributed by atoms with Gasteiger partial charge in [-0.15, -0.1) is 11.3 Å². The van der Waals surface area contributed by atoms with Gasteiger partial charge in [0.2, 0.25) is 0 Å². The first kappa shape index (κ1) is 16.3. The summed E-state index contributed by atoms with van der Waals surface area (Å²) in [5.41, 5.74) is 0.672. The van der Waals surface area contributed by atoms with Crippen LogP contribution in [0.15, 0.2) is 38.3 Å². The first-order valence-corrected chi connectivity index (χ1v) is 8.96. The molecule has 21 heavy (non-hydrogen) atoms. The summed E-state index contributed by atoms with van der Waals surface area (Å²) < 4.78 is 32.0. The molecule has 0 unspecified atom stereocenters. The molecule has 0 radical (unpaired) electrons. The fourth-order valence-electron chi connectivity index (χ4n) is 1.46. The van der Waals surface area contributed by atoms with Gasteiger partial charge in [0, 0.05) is 5.69 Å². The van der Waals surface area contributed by atoms with Crippen LogP contribution in [0.4, 0.5) is 5.69 Å². The summed E-state index contributed by atoms with van der Waals surface area (Å²) in [6.07, 6.45) is 0. The number of benzene rings is 1. The van der Waals surface area contributed by atoms with Crippen LogP contribution in [-0.4, -0.2) is 21.5 Å². The molecule has 1 aromatic carbocycles. The van der Waals surface area contributed by atoms with Crippen LogP contribution in [0.5, 0.6) is 0 Å². The van der Waals surface area contributed by atoms with Crippen LogP contribution >= 0.6 is 38.9 Å². The van der Waals surface area contributed by atoms with Gasteiger partial charge < -0.3 is 4.74 Å². The standard InChI is InChI=1S/C12H9BrClNO4S2/c1-19-12(16)7-2-4-8(5-3-7)15-21(17,18)10-6-9(14)11(13)20-10/h2-6,15H,1H3. The maximum Gasteiger partial charge on any atom is 0.337 e. The monoisotopic (exact) mass is 409 g/mol. The molecular formula is C12H9BrClNO4S2.